The van der Waals surface area contributed by atoms with Gasteiger partial charge in [0.25, 0.3) is 0 Å². The zero-order chi connectivity index (χ0) is 19.5. The lowest BCUT2D eigenvalue weighted by atomic mass is 9.92. The number of amidine groups is 1. The molecule has 0 amide bonds. The third-order valence-electron chi connectivity index (χ3n) is 5.39. The van der Waals surface area contributed by atoms with E-state index in [0.29, 0.717) is 23.6 Å². The molecule has 1 aliphatic carbocycles. The number of quaternary nitrogens is 1. The van der Waals surface area contributed by atoms with Crippen LogP contribution in [0, 0.1) is 10.4 Å². The van der Waals surface area contributed by atoms with Crippen molar-refractivity contribution in [3.8, 4) is 5.75 Å². The lowest BCUT2D eigenvalue weighted by Gasteiger charge is -2.25. The number of nitrogens with zero attached hydrogens (tertiary/aromatic N) is 1. The molecule has 1 heterocycles. The maximum absolute atomic E-state index is 11.2. The maximum Gasteiger partial charge on any atom is 0.131 e. The van der Waals surface area contributed by atoms with Crippen LogP contribution < -0.4 is 15.3 Å². The van der Waals surface area contributed by atoms with Gasteiger partial charge in [0.2, 0.25) is 0 Å². The highest BCUT2D eigenvalue weighted by molar-refractivity contribution is 7.98. The number of aliphatic imine (C=N–C) groups is 1. The SMILES string of the molecule is COc1ccc([NH+]([O-])[O-])cc1CSc1ccccc1C1=NC2CCCCC2N1. The Hall–Kier alpha value is -2.06. The van der Waals surface area contributed by atoms with Gasteiger partial charge in [0, 0.05) is 39.9 Å². The zero-order valence-electron chi connectivity index (χ0n) is 15.8. The smallest absolute Gasteiger partial charge is 0.131 e. The van der Waals surface area contributed by atoms with Gasteiger partial charge in [0.05, 0.1) is 13.2 Å². The third kappa shape index (κ3) is 4.03. The summed E-state index contributed by atoms with van der Waals surface area (Å²) in [5.74, 6) is 2.26. The molecule has 2 aromatic carbocycles. The van der Waals surface area contributed by atoms with Crippen LogP contribution in [0.3, 0.4) is 0 Å². The van der Waals surface area contributed by atoms with Crippen molar-refractivity contribution in [2.24, 2.45) is 4.99 Å². The summed E-state index contributed by atoms with van der Waals surface area (Å²) in [6.45, 7) is 0. The quantitative estimate of drug-likeness (QED) is 0.577. The first-order chi connectivity index (χ1) is 13.7. The summed E-state index contributed by atoms with van der Waals surface area (Å²) in [7, 11) is 1.59. The van der Waals surface area contributed by atoms with Crippen LogP contribution in [0.25, 0.3) is 0 Å². The van der Waals surface area contributed by atoms with Gasteiger partial charge >= 0.3 is 0 Å². The van der Waals surface area contributed by atoms with E-state index < -0.39 is 5.23 Å². The molecule has 0 radical (unpaired) electrons. The van der Waals surface area contributed by atoms with E-state index in [-0.39, 0.29) is 5.69 Å². The van der Waals surface area contributed by atoms with Crippen LogP contribution in [0.5, 0.6) is 5.75 Å². The maximum atomic E-state index is 11.2. The fraction of sp³-hybridized carbons (Fsp3) is 0.381. The lowest BCUT2D eigenvalue weighted by molar-refractivity contribution is -0.715. The second-order valence-corrected chi connectivity index (χ2v) is 8.20. The molecule has 1 fully saturated rings. The molecule has 0 spiro atoms. The number of nitrogens with one attached hydrogen (secondary N) is 2. The van der Waals surface area contributed by atoms with Crippen LogP contribution in [0.4, 0.5) is 5.69 Å². The minimum atomic E-state index is -1.18. The average molecular weight is 399 g/mol. The lowest BCUT2D eigenvalue weighted by Crippen LogP contribution is -2.96. The number of fused-ring (bicyclic) bond motifs is 1. The number of ether oxygens (including phenoxy) is 1. The van der Waals surface area contributed by atoms with E-state index in [2.05, 4.69) is 17.4 Å². The van der Waals surface area contributed by atoms with Crippen molar-refractivity contribution in [2.45, 2.75) is 48.4 Å². The molecule has 2 unspecified atom stereocenters. The largest absolute Gasteiger partial charge is 0.628 e. The van der Waals surface area contributed by atoms with Crippen molar-refractivity contribution in [3.05, 3.63) is 64.0 Å². The highest BCUT2D eigenvalue weighted by Crippen LogP contribution is 2.33. The Morgan fingerprint density at radius 1 is 1.18 bits per heavy atom. The van der Waals surface area contributed by atoms with E-state index in [1.54, 1.807) is 31.0 Å². The van der Waals surface area contributed by atoms with E-state index in [1.165, 1.54) is 25.3 Å². The molecule has 1 saturated carbocycles. The highest BCUT2D eigenvalue weighted by Gasteiger charge is 2.31. The Labute approximate surface area is 169 Å². The Morgan fingerprint density at radius 2 is 2.00 bits per heavy atom. The number of hydrogen-bond acceptors (Lipinski definition) is 6. The standard InChI is InChI=1S/C21H24N3O3S/c1-27-19-11-10-15(24(25)26)12-14(19)13-28-20-9-5-2-6-16(20)21-22-17-7-3-4-8-18(17)23-21/h2,5-6,9-12,17-18,24H,3-4,7-8,13H2,1H3,(H,22,23)/q-1. The van der Waals surface area contributed by atoms with Gasteiger partial charge in [0.15, 0.2) is 0 Å². The summed E-state index contributed by atoms with van der Waals surface area (Å²) >= 11 is 1.66. The van der Waals surface area contributed by atoms with E-state index in [4.69, 9.17) is 9.73 Å². The van der Waals surface area contributed by atoms with Crippen molar-refractivity contribution < 1.29 is 9.96 Å². The van der Waals surface area contributed by atoms with Crippen LogP contribution in [0.2, 0.25) is 0 Å². The molecule has 6 nitrogen and oxygen atoms in total. The number of benzene rings is 2. The predicted molar refractivity (Wildman–Crippen MR) is 112 cm³/mol. The molecule has 0 saturated heterocycles. The van der Waals surface area contributed by atoms with Crippen molar-refractivity contribution >= 4 is 23.3 Å². The van der Waals surface area contributed by atoms with E-state index in [0.717, 1.165) is 28.3 Å². The summed E-state index contributed by atoms with van der Waals surface area (Å²) < 4.78 is 5.40. The summed E-state index contributed by atoms with van der Waals surface area (Å²) in [6.07, 6.45) is 4.86. The Kier molecular flexibility index (Phi) is 5.87. The molecule has 7 heteroatoms. The van der Waals surface area contributed by atoms with Gasteiger partial charge in [-0.1, -0.05) is 31.0 Å². The van der Waals surface area contributed by atoms with Crippen LogP contribution in [0.1, 0.15) is 36.8 Å². The van der Waals surface area contributed by atoms with Crippen LogP contribution in [0.15, 0.2) is 52.4 Å². The fourth-order valence-electron chi connectivity index (χ4n) is 3.92. The molecule has 2 atom stereocenters. The second-order valence-electron chi connectivity index (χ2n) is 7.18. The van der Waals surface area contributed by atoms with E-state index in [9.17, 15) is 10.4 Å². The van der Waals surface area contributed by atoms with Gasteiger partial charge in [-0.05, 0) is 25.0 Å². The van der Waals surface area contributed by atoms with E-state index in [1.807, 2.05) is 12.1 Å². The molecule has 1 aliphatic heterocycles. The minimum absolute atomic E-state index is 0.163. The molecule has 0 aromatic heterocycles. The van der Waals surface area contributed by atoms with Gasteiger partial charge in [0.1, 0.15) is 17.3 Å². The Bertz CT molecular complexity index is 872. The van der Waals surface area contributed by atoms with Gasteiger partial charge in [-0.3, -0.25) is 4.99 Å². The van der Waals surface area contributed by atoms with Gasteiger partial charge < -0.3 is 25.7 Å². The molecule has 28 heavy (non-hydrogen) atoms. The van der Waals surface area contributed by atoms with Gasteiger partial charge in [-0.25, -0.2) is 0 Å². The number of methoxy groups -OCH3 is 1. The summed E-state index contributed by atoms with van der Waals surface area (Å²) in [5.41, 5.74) is 2.10. The summed E-state index contributed by atoms with van der Waals surface area (Å²) in [5, 5.41) is 24.8. The van der Waals surface area contributed by atoms with E-state index >= 15 is 0 Å². The van der Waals surface area contributed by atoms with Crippen LogP contribution in [-0.2, 0) is 5.75 Å². The van der Waals surface area contributed by atoms with Gasteiger partial charge in [-0.15, -0.1) is 11.8 Å². The summed E-state index contributed by atoms with van der Waals surface area (Å²) in [6, 6.07) is 13.9. The predicted octanol–water partition coefficient (Wildman–Crippen LogP) is 3.16. The Balaban J connectivity index is 1.55. The molecular formula is C21H24N3O3S-. The highest BCUT2D eigenvalue weighted by atomic mass is 32.2. The molecule has 4 rings (SSSR count). The topological polar surface area (TPSA) is 84.2 Å². The number of rotatable bonds is 6. The molecule has 2 aliphatic rings. The normalized spacial score (nSPS) is 21.2. The van der Waals surface area contributed by atoms with Crippen LogP contribution in [-0.4, -0.2) is 25.0 Å². The Morgan fingerprint density at radius 3 is 2.79 bits per heavy atom. The molecule has 148 valence electrons. The van der Waals surface area contributed by atoms with Crippen molar-refractivity contribution in [2.75, 3.05) is 7.11 Å². The number of thioether (sulfide) groups is 1. The molecule has 0 bridgehead atoms. The van der Waals surface area contributed by atoms with Crippen molar-refractivity contribution in [1.82, 2.24) is 5.32 Å². The zero-order valence-corrected chi connectivity index (χ0v) is 16.6. The van der Waals surface area contributed by atoms with Crippen molar-refractivity contribution in [1.29, 1.82) is 0 Å². The second kappa shape index (κ2) is 8.53. The first-order valence-corrected chi connectivity index (χ1v) is 10.6. The first kappa shape index (κ1) is 19.3. The monoisotopic (exact) mass is 398 g/mol. The molecule has 2 N–H and O–H groups in total. The molecule has 2 aromatic rings. The average Bonchev–Trinajstić information content (AvgIpc) is 3.16. The van der Waals surface area contributed by atoms with Gasteiger partial charge in [-0.2, -0.15) is 0 Å². The van der Waals surface area contributed by atoms with Crippen LogP contribution >= 0.6 is 11.8 Å². The number of hydrogen-bond donors (Lipinski definition) is 2. The van der Waals surface area contributed by atoms with Crippen molar-refractivity contribution in [3.63, 3.8) is 0 Å². The molecular weight excluding hydrogens is 374 g/mol. The fourth-order valence-corrected chi connectivity index (χ4v) is 4.95. The summed E-state index contributed by atoms with van der Waals surface area (Å²) in [4.78, 5) is 6.07. The third-order valence-corrected chi connectivity index (χ3v) is 6.51. The first-order valence-electron chi connectivity index (χ1n) is 9.60. The minimum Gasteiger partial charge on any atom is -0.628 e.